The molecule has 0 bridgehead atoms. The minimum absolute atomic E-state index is 0.379. The van der Waals surface area contributed by atoms with Gasteiger partial charge in [-0.05, 0) is 20.8 Å². The van der Waals surface area contributed by atoms with Gasteiger partial charge in [0, 0.05) is 27.7 Å². The van der Waals surface area contributed by atoms with Crippen LogP contribution in [0.15, 0.2) is 0 Å². The quantitative estimate of drug-likeness (QED) is 0.308. The molecule has 3 N–H and O–H groups in total. The summed E-state index contributed by atoms with van der Waals surface area (Å²) >= 11 is 0. The highest BCUT2D eigenvalue weighted by Gasteiger charge is 2.51. The van der Waals surface area contributed by atoms with Gasteiger partial charge in [0.1, 0.15) is 30.4 Å². The van der Waals surface area contributed by atoms with Gasteiger partial charge in [-0.3, -0.25) is 24.0 Å². The van der Waals surface area contributed by atoms with Crippen molar-refractivity contribution in [2.75, 3.05) is 13.2 Å². The van der Waals surface area contributed by atoms with Crippen LogP contribution in [0.1, 0.15) is 48.5 Å². The van der Waals surface area contributed by atoms with Crippen molar-refractivity contribution >= 4 is 29.8 Å². The number of carbonyl (C=O) groups excluding carboxylic acids is 5. The standard InChI is InChI=1S/C21H34N2O11/c1-10(24)23-16-18(32-13(4)27)17(31-12(3)26)15(9-29-11(2)25)33-20(16)30-8-14(22)19(28)34-21(5,6)7/h14-18,20H,8-9,22H2,1-7H3,(H,23,24)/t14-,15+,16+,17+,18+,20+/m0/s1. The molecule has 6 atom stereocenters. The summed E-state index contributed by atoms with van der Waals surface area (Å²) < 4.78 is 32.3. The van der Waals surface area contributed by atoms with E-state index in [-0.39, 0.29) is 13.2 Å². The van der Waals surface area contributed by atoms with Gasteiger partial charge in [0.2, 0.25) is 5.91 Å². The number of nitrogens with two attached hydrogens (primary N) is 1. The molecule has 194 valence electrons. The summed E-state index contributed by atoms with van der Waals surface area (Å²) in [5.41, 5.74) is 5.09. The third-order valence-electron chi connectivity index (χ3n) is 4.22. The van der Waals surface area contributed by atoms with E-state index in [1.165, 1.54) is 13.8 Å². The SMILES string of the molecule is CC(=O)N[C@H]1[C@H](OC[C@H](N)C(=O)OC(C)(C)C)O[C@H](COC(C)=O)[C@@H](OC(C)=O)[C@@H]1OC(C)=O. The van der Waals surface area contributed by atoms with Gasteiger partial charge in [-0.1, -0.05) is 0 Å². The van der Waals surface area contributed by atoms with Crippen molar-refractivity contribution in [3.8, 4) is 0 Å². The van der Waals surface area contributed by atoms with E-state index in [0.29, 0.717) is 0 Å². The molecule has 1 fully saturated rings. The maximum Gasteiger partial charge on any atom is 0.325 e. The topological polar surface area (TPSA) is 179 Å². The third kappa shape index (κ3) is 10.0. The molecule has 0 saturated carbocycles. The zero-order valence-corrected chi connectivity index (χ0v) is 20.4. The lowest BCUT2D eigenvalue weighted by Gasteiger charge is -2.45. The Hall–Kier alpha value is -2.77. The Kier molecular flexibility index (Phi) is 10.9. The van der Waals surface area contributed by atoms with E-state index in [0.717, 1.165) is 13.8 Å². The number of esters is 4. The molecule has 1 amide bonds. The van der Waals surface area contributed by atoms with Crippen molar-refractivity contribution in [2.24, 2.45) is 5.73 Å². The van der Waals surface area contributed by atoms with Gasteiger partial charge in [-0.2, -0.15) is 0 Å². The summed E-state index contributed by atoms with van der Waals surface area (Å²) in [6, 6.07) is -2.36. The molecule has 1 aliphatic rings. The summed E-state index contributed by atoms with van der Waals surface area (Å²) in [6.07, 6.45) is -4.99. The summed E-state index contributed by atoms with van der Waals surface area (Å²) in [7, 11) is 0. The number of hydrogen-bond acceptors (Lipinski definition) is 12. The predicted octanol–water partition coefficient (Wildman–Crippen LogP) is -0.672. The normalized spacial score (nSPS) is 25.5. The number of ether oxygens (including phenoxy) is 6. The molecule has 1 heterocycles. The fourth-order valence-corrected chi connectivity index (χ4v) is 3.08. The zero-order chi connectivity index (χ0) is 26.2. The molecule has 13 nitrogen and oxygen atoms in total. The van der Waals surface area contributed by atoms with Gasteiger partial charge in [0.05, 0.1) is 6.61 Å². The summed E-state index contributed by atoms with van der Waals surface area (Å²) in [4.78, 5) is 59.0. The molecule has 0 aromatic carbocycles. The Morgan fingerprint density at radius 2 is 1.50 bits per heavy atom. The first-order valence-corrected chi connectivity index (χ1v) is 10.6. The number of hydrogen-bond donors (Lipinski definition) is 2. The Bertz CT molecular complexity index is 764. The number of amides is 1. The molecular weight excluding hydrogens is 456 g/mol. The van der Waals surface area contributed by atoms with E-state index < -0.39 is 72.1 Å². The molecule has 13 heteroatoms. The molecule has 0 spiro atoms. The molecule has 0 aromatic rings. The second-order valence-electron chi connectivity index (χ2n) is 8.69. The fourth-order valence-electron chi connectivity index (χ4n) is 3.08. The van der Waals surface area contributed by atoms with Crippen LogP contribution in [-0.2, 0) is 52.4 Å². The van der Waals surface area contributed by atoms with Crippen molar-refractivity contribution in [3.63, 3.8) is 0 Å². The molecule has 0 aromatic heterocycles. The van der Waals surface area contributed by atoms with E-state index in [9.17, 15) is 24.0 Å². The number of carbonyl (C=O) groups is 5. The van der Waals surface area contributed by atoms with E-state index in [1.807, 2.05) is 0 Å². The van der Waals surface area contributed by atoms with Gasteiger partial charge in [0.25, 0.3) is 0 Å². The van der Waals surface area contributed by atoms with Crippen LogP contribution < -0.4 is 11.1 Å². The van der Waals surface area contributed by atoms with Gasteiger partial charge in [-0.25, -0.2) is 0 Å². The van der Waals surface area contributed by atoms with Crippen molar-refractivity contribution < 1.29 is 52.4 Å². The van der Waals surface area contributed by atoms with Crippen LogP contribution in [0.2, 0.25) is 0 Å². The van der Waals surface area contributed by atoms with Crippen molar-refractivity contribution in [1.29, 1.82) is 0 Å². The third-order valence-corrected chi connectivity index (χ3v) is 4.22. The molecule has 1 saturated heterocycles. The monoisotopic (exact) mass is 490 g/mol. The molecule has 0 radical (unpaired) electrons. The molecule has 1 rings (SSSR count). The van der Waals surface area contributed by atoms with Crippen molar-refractivity contribution in [3.05, 3.63) is 0 Å². The average Bonchev–Trinajstić information content (AvgIpc) is 2.65. The van der Waals surface area contributed by atoms with E-state index >= 15 is 0 Å². The van der Waals surface area contributed by atoms with Crippen LogP contribution in [0.3, 0.4) is 0 Å². The first-order valence-electron chi connectivity index (χ1n) is 10.6. The Morgan fingerprint density at radius 3 is 1.97 bits per heavy atom. The number of nitrogens with one attached hydrogen (secondary N) is 1. The molecule has 1 aliphatic heterocycles. The van der Waals surface area contributed by atoms with Gasteiger partial charge in [-0.15, -0.1) is 0 Å². The maximum atomic E-state index is 12.2. The highest BCUT2D eigenvalue weighted by atomic mass is 16.7. The molecular formula is C21H34N2O11. The largest absolute Gasteiger partial charge is 0.463 e. The Morgan fingerprint density at radius 1 is 0.941 bits per heavy atom. The Labute approximate surface area is 197 Å². The predicted molar refractivity (Wildman–Crippen MR) is 114 cm³/mol. The minimum Gasteiger partial charge on any atom is -0.463 e. The number of rotatable bonds is 9. The van der Waals surface area contributed by atoms with E-state index in [2.05, 4.69) is 5.32 Å². The van der Waals surface area contributed by atoms with Gasteiger partial charge >= 0.3 is 23.9 Å². The van der Waals surface area contributed by atoms with Crippen LogP contribution in [0.5, 0.6) is 0 Å². The minimum atomic E-state index is -1.32. The first kappa shape index (κ1) is 29.3. The second-order valence-corrected chi connectivity index (χ2v) is 8.69. The van der Waals surface area contributed by atoms with Crippen molar-refractivity contribution in [2.45, 2.75) is 90.8 Å². The van der Waals surface area contributed by atoms with E-state index in [4.69, 9.17) is 34.2 Å². The van der Waals surface area contributed by atoms with Crippen LogP contribution in [-0.4, -0.2) is 85.3 Å². The van der Waals surface area contributed by atoms with Gasteiger partial charge in [0.15, 0.2) is 18.5 Å². The van der Waals surface area contributed by atoms with Crippen molar-refractivity contribution in [1.82, 2.24) is 5.32 Å². The van der Waals surface area contributed by atoms with Crippen LogP contribution in [0, 0.1) is 0 Å². The first-order chi connectivity index (χ1) is 15.6. The molecule has 34 heavy (non-hydrogen) atoms. The molecule has 0 unspecified atom stereocenters. The lowest BCUT2D eigenvalue weighted by molar-refractivity contribution is -0.278. The summed E-state index contributed by atoms with van der Waals surface area (Å²) in [5.74, 6) is -3.37. The lowest BCUT2D eigenvalue weighted by atomic mass is 9.96. The Balaban J connectivity index is 3.22. The average molecular weight is 491 g/mol. The smallest absolute Gasteiger partial charge is 0.325 e. The molecule has 0 aliphatic carbocycles. The maximum absolute atomic E-state index is 12.2. The summed E-state index contributed by atoms with van der Waals surface area (Å²) in [5, 5.41) is 2.54. The fraction of sp³-hybridized carbons (Fsp3) is 0.762. The van der Waals surface area contributed by atoms with Crippen LogP contribution in [0.4, 0.5) is 0 Å². The highest BCUT2D eigenvalue weighted by molar-refractivity contribution is 5.76. The highest BCUT2D eigenvalue weighted by Crippen LogP contribution is 2.28. The lowest BCUT2D eigenvalue weighted by Crippen LogP contribution is -2.67. The van der Waals surface area contributed by atoms with Crippen LogP contribution >= 0.6 is 0 Å². The zero-order valence-electron chi connectivity index (χ0n) is 20.4. The van der Waals surface area contributed by atoms with Crippen LogP contribution in [0.25, 0.3) is 0 Å². The van der Waals surface area contributed by atoms with E-state index in [1.54, 1.807) is 20.8 Å². The second kappa shape index (κ2) is 12.6. The van der Waals surface area contributed by atoms with Gasteiger partial charge < -0.3 is 39.5 Å². The summed E-state index contributed by atoms with van der Waals surface area (Å²) in [6.45, 7) is 8.89.